The number of anilines is 2. The normalized spacial score (nSPS) is 14.0. The van der Waals surface area contributed by atoms with Gasteiger partial charge in [0.15, 0.2) is 0 Å². The lowest BCUT2D eigenvalue weighted by molar-refractivity contribution is -0.115. The van der Waals surface area contributed by atoms with Crippen molar-refractivity contribution in [2.45, 2.75) is 19.9 Å². The minimum Gasteiger partial charge on any atom is -0.384 e. The summed E-state index contributed by atoms with van der Waals surface area (Å²) in [6, 6.07) is 15.8. The van der Waals surface area contributed by atoms with Gasteiger partial charge >= 0.3 is 0 Å². The molecule has 0 bridgehead atoms. The van der Waals surface area contributed by atoms with E-state index < -0.39 is 0 Å². The molecule has 0 radical (unpaired) electrons. The van der Waals surface area contributed by atoms with Gasteiger partial charge < -0.3 is 21.4 Å². The summed E-state index contributed by atoms with van der Waals surface area (Å²) in [5.74, 6) is -0.00817. The summed E-state index contributed by atoms with van der Waals surface area (Å²) in [7, 11) is 0. The van der Waals surface area contributed by atoms with Gasteiger partial charge in [-0.3, -0.25) is 4.79 Å². The van der Waals surface area contributed by atoms with E-state index in [4.69, 9.17) is 5.41 Å². The van der Waals surface area contributed by atoms with Gasteiger partial charge in [-0.25, -0.2) is 0 Å². The van der Waals surface area contributed by atoms with Gasteiger partial charge in [0.05, 0.1) is 17.1 Å². The molecule has 3 rings (SSSR count). The van der Waals surface area contributed by atoms with E-state index in [1.54, 1.807) is 0 Å². The number of carbonyl (C=O) groups excluding carboxylic acids is 1. The Balaban J connectivity index is 1.74. The molecule has 1 aliphatic heterocycles. The molecule has 0 atom stereocenters. The second-order valence-electron chi connectivity index (χ2n) is 6.03. The Morgan fingerprint density at radius 2 is 2.00 bits per heavy atom. The Morgan fingerprint density at radius 3 is 2.80 bits per heavy atom. The number of para-hydroxylation sites is 1. The van der Waals surface area contributed by atoms with Crippen LogP contribution >= 0.6 is 0 Å². The van der Waals surface area contributed by atoms with Crippen LogP contribution in [-0.4, -0.2) is 18.2 Å². The Labute approximate surface area is 147 Å². The maximum absolute atomic E-state index is 11.7. The number of nitrogens with one attached hydrogen (secondary N) is 4. The van der Waals surface area contributed by atoms with Gasteiger partial charge in [0, 0.05) is 30.8 Å². The third kappa shape index (κ3) is 4.26. The first-order chi connectivity index (χ1) is 12.1. The van der Waals surface area contributed by atoms with Gasteiger partial charge in [-0.1, -0.05) is 42.5 Å². The van der Waals surface area contributed by atoms with Crippen molar-refractivity contribution in [1.29, 1.82) is 5.41 Å². The van der Waals surface area contributed by atoms with E-state index in [2.05, 4.69) is 28.1 Å². The molecule has 0 saturated heterocycles. The van der Waals surface area contributed by atoms with E-state index in [0.29, 0.717) is 18.7 Å². The van der Waals surface area contributed by atoms with Crippen molar-refractivity contribution in [3.63, 3.8) is 0 Å². The van der Waals surface area contributed by atoms with E-state index >= 15 is 0 Å². The van der Waals surface area contributed by atoms with Crippen LogP contribution in [0.3, 0.4) is 0 Å². The lowest BCUT2D eigenvalue weighted by Gasteiger charge is -2.14. The predicted molar refractivity (Wildman–Crippen MR) is 102 cm³/mol. The fraction of sp³-hybridized carbons (Fsp3) is 0.200. The summed E-state index contributed by atoms with van der Waals surface area (Å²) in [6.45, 7) is 3.24. The quantitative estimate of drug-likeness (QED) is 0.632. The van der Waals surface area contributed by atoms with E-state index in [1.165, 1.54) is 5.56 Å². The molecule has 0 aliphatic carbocycles. The first kappa shape index (κ1) is 16.8. The molecule has 5 heteroatoms. The number of benzene rings is 2. The Morgan fingerprint density at radius 1 is 1.20 bits per heavy atom. The van der Waals surface area contributed by atoms with Gasteiger partial charge in [-0.15, -0.1) is 0 Å². The lowest BCUT2D eigenvalue weighted by atomic mass is 10.0. The lowest BCUT2D eigenvalue weighted by Crippen LogP contribution is -2.13. The summed E-state index contributed by atoms with van der Waals surface area (Å²) in [6.07, 6.45) is 2.24. The zero-order valence-corrected chi connectivity index (χ0v) is 14.2. The van der Waals surface area contributed by atoms with Crippen LogP contribution in [0.2, 0.25) is 0 Å². The van der Waals surface area contributed by atoms with Crippen LogP contribution in [0, 0.1) is 5.41 Å². The molecule has 4 N–H and O–H groups in total. The monoisotopic (exact) mass is 334 g/mol. The Hall–Kier alpha value is -3.08. The molecule has 0 fully saturated rings. The highest BCUT2D eigenvalue weighted by molar-refractivity contribution is 6.13. The van der Waals surface area contributed by atoms with Crippen molar-refractivity contribution in [3.05, 3.63) is 71.4 Å². The number of hydrogen-bond donors (Lipinski definition) is 4. The molecule has 2 aromatic rings. The summed E-state index contributed by atoms with van der Waals surface area (Å²) < 4.78 is 0. The van der Waals surface area contributed by atoms with Crippen molar-refractivity contribution in [2.24, 2.45) is 0 Å². The van der Waals surface area contributed by atoms with E-state index in [1.807, 2.05) is 49.4 Å². The Kier molecular flexibility index (Phi) is 5.14. The highest BCUT2D eigenvalue weighted by Gasteiger charge is 2.16. The maximum atomic E-state index is 11.7. The average Bonchev–Trinajstić information content (AvgIpc) is 2.81. The second kappa shape index (κ2) is 7.66. The smallest absolute Gasteiger partial charge is 0.226 e. The van der Waals surface area contributed by atoms with Crippen molar-refractivity contribution in [3.8, 4) is 0 Å². The third-order valence-electron chi connectivity index (χ3n) is 4.06. The summed E-state index contributed by atoms with van der Waals surface area (Å²) in [4.78, 5) is 11.7. The second-order valence-corrected chi connectivity index (χ2v) is 6.03. The molecular formula is C20H22N4O. The molecule has 0 spiro atoms. The van der Waals surface area contributed by atoms with Crippen LogP contribution in [0.15, 0.2) is 60.3 Å². The molecule has 2 aromatic carbocycles. The molecule has 128 valence electrons. The molecule has 1 aliphatic rings. The van der Waals surface area contributed by atoms with Crippen molar-refractivity contribution < 1.29 is 4.79 Å². The average molecular weight is 334 g/mol. The number of carbonyl (C=O) groups is 1. The van der Waals surface area contributed by atoms with E-state index in [-0.39, 0.29) is 5.91 Å². The van der Waals surface area contributed by atoms with Crippen molar-refractivity contribution in [1.82, 2.24) is 5.32 Å². The molecule has 1 amide bonds. The highest BCUT2D eigenvalue weighted by Crippen LogP contribution is 2.29. The van der Waals surface area contributed by atoms with Gasteiger partial charge in [0.1, 0.15) is 0 Å². The molecule has 5 nitrogen and oxygen atoms in total. The standard InChI is InChI=1S/C20H22N4O/c1-14(23-13-15-6-3-2-4-7-15)12-17(21)16-8-5-9-18-20(16)22-11-10-19(25)24-18/h2-9,12,21-23H,10-11,13H2,1H3,(H,24,25)/b14-12-,21-17?. The molecule has 0 unspecified atom stereocenters. The zero-order valence-electron chi connectivity index (χ0n) is 14.2. The van der Waals surface area contributed by atoms with Crippen LogP contribution in [-0.2, 0) is 11.3 Å². The predicted octanol–water partition coefficient (Wildman–Crippen LogP) is 3.50. The van der Waals surface area contributed by atoms with Gasteiger partial charge in [-0.05, 0) is 24.6 Å². The molecular weight excluding hydrogens is 312 g/mol. The van der Waals surface area contributed by atoms with E-state index in [0.717, 1.165) is 29.2 Å². The molecule has 0 aromatic heterocycles. The number of allylic oxidation sites excluding steroid dienone is 2. The van der Waals surface area contributed by atoms with Gasteiger partial charge in [-0.2, -0.15) is 0 Å². The fourth-order valence-corrected chi connectivity index (χ4v) is 2.77. The molecule has 25 heavy (non-hydrogen) atoms. The highest BCUT2D eigenvalue weighted by atomic mass is 16.1. The minimum absolute atomic E-state index is 0.00817. The Bertz CT molecular complexity index is 812. The maximum Gasteiger partial charge on any atom is 0.226 e. The largest absolute Gasteiger partial charge is 0.384 e. The fourth-order valence-electron chi connectivity index (χ4n) is 2.77. The first-order valence-electron chi connectivity index (χ1n) is 8.35. The van der Waals surface area contributed by atoms with Gasteiger partial charge in [0.25, 0.3) is 0 Å². The van der Waals surface area contributed by atoms with E-state index in [9.17, 15) is 4.79 Å². The van der Waals surface area contributed by atoms with Crippen LogP contribution in [0.5, 0.6) is 0 Å². The number of hydrogen-bond acceptors (Lipinski definition) is 4. The van der Waals surface area contributed by atoms with Crippen LogP contribution in [0.4, 0.5) is 11.4 Å². The summed E-state index contributed by atoms with van der Waals surface area (Å²) in [5, 5.41) is 17.9. The SMILES string of the molecule is C/C(=C/C(=N)c1cccc2c1NCCC(=O)N2)NCc1ccccc1. The van der Waals surface area contributed by atoms with Crippen LogP contribution in [0.1, 0.15) is 24.5 Å². The zero-order chi connectivity index (χ0) is 17.6. The van der Waals surface area contributed by atoms with Crippen molar-refractivity contribution >= 4 is 23.0 Å². The number of fused-ring (bicyclic) bond motifs is 1. The van der Waals surface area contributed by atoms with Crippen molar-refractivity contribution in [2.75, 3.05) is 17.2 Å². The minimum atomic E-state index is -0.00817. The third-order valence-corrected chi connectivity index (χ3v) is 4.06. The molecule has 1 heterocycles. The van der Waals surface area contributed by atoms with Gasteiger partial charge in [0.2, 0.25) is 5.91 Å². The van der Waals surface area contributed by atoms with Crippen LogP contribution in [0.25, 0.3) is 0 Å². The number of amides is 1. The van der Waals surface area contributed by atoms with Crippen LogP contribution < -0.4 is 16.0 Å². The summed E-state index contributed by atoms with van der Waals surface area (Å²) >= 11 is 0. The first-order valence-corrected chi connectivity index (χ1v) is 8.35. The molecule has 0 saturated carbocycles. The summed E-state index contributed by atoms with van der Waals surface area (Å²) in [5.41, 5.74) is 4.83. The topological polar surface area (TPSA) is 77.0 Å². The number of rotatable bonds is 5.